The highest BCUT2D eigenvalue weighted by Crippen LogP contribution is 2.63. The molecule has 8 aromatic carbocycles. The molecule has 0 radical (unpaired) electrons. The summed E-state index contributed by atoms with van der Waals surface area (Å²) in [4.78, 5) is 2.27. The van der Waals surface area contributed by atoms with E-state index in [2.05, 4.69) is 150 Å². The first-order valence-electron chi connectivity index (χ1n) is 17.9. The number of para-hydroxylation sites is 5. The molecule has 0 saturated heterocycles. The van der Waals surface area contributed by atoms with E-state index < -0.39 is 5.41 Å². The van der Waals surface area contributed by atoms with Gasteiger partial charge in [0.25, 0.3) is 0 Å². The molecule has 4 heteroatoms. The molecule has 4 nitrogen and oxygen atoms in total. The molecule has 0 bridgehead atoms. The van der Waals surface area contributed by atoms with Crippen molar-refractivity contribution < 1.29 is 14.2 Å². The standard InChI is InChI=1S/C49H31NO3/c1-4-14-34(15-5-1)49(35-16-6-2-7-17-35)38-27-29-45-48(53-44-23-13-12-22-43(44)52-45)47(38)37-26-24-32(30-39(37)49)33-25-28-41-46(31-33)51-42-21-11-10-20-40(42)50(41)36-18-8-3-9-19-36/h1-31H. The van der Waals surface area contributed by atoms with E-state index >= 15 is 0 Å². The van der Waals surface area contributed by atoms with E-state index in [1.54, 1.807) is 0 Å². The molecule has 0 saturated carbocycles. The normalized spacial score (nSPS) is 13.8. The van der Waals surface area contributed by atoms with Crippen molar-refractivity contribution in [1.82, 2.24) is 0 Å². The van der Waals surface area contributed by atoms with Gasteiger partial charge in [0.15, 0.2) is 34.5 Å². The second kappa shape index (κ2) is 11.5. The summed E-state index contributed by atoms with van der Waals surface area (Å²) in [5.41, 5.74) is 11.5. The van der Waals surface area contributed by atoms with Gasteiger partial charge in [-0.3, -0.25) is 0 Å². The lowest BCUT2D eigenvalue weighted by molar-refractivity contribution is 0.360. The summed E-state index contributed by atoms with van der Waals surface area (Å²) in [6.07, 6.45) is 0. The highest BCUT2D eigenvalue weighted by atomic mass is 16.6. The minimum Gasteiger partial charge on any atom is -0.453 e. The second-order valence-corrected chi connectivity index (χ2v) is 13.6. The lowest BCUT2D eigenvalue weighted by atomic mass is 9.67. The van der Waals surface area contributed by atoms with E-state index in [4.69, 9.17) is 14.2 Å². The van der Waals surface area contributed by atoms with Crippen LogP contribution in [-0.4, -0.2) is 0 Å². The van der Waals surface area contributed by atoms with Crippen molar-refractivity contribution in [3.05, 3.63) is 210 Å². The first kappa shape index (κ1) is 29.7. The molecule has 8 aromatic rings. The molecule has 250 valence electrons. The molecule has 0 spiro atoms. The first-order chi connectivity index (χ1) is 26.3. The lowest BCUT2D eigenvalue weighted by Crippen LogP contribution is -2.28. The molecular formula is C49H31NO3. The molecule has 0 amide bonds. The van der Waals surface area contributed by atoms with Crippen LogP contribution in [0.5, 0.6) is 34.5 Å². The highest BCUT2D eigenvalue weighted by molar-refractivity contribution is 5.94. The van der Waals surface area contributed by atoms with Crippen LogP contribution in [0.1, 0.15) is 22.3 Å². The van der Waals surface area contributed by atoms with Gasteiger partial charge >= 0.3 is 0 Å². The Bertz CT molecular complexity index is 2670. The number of benzene rings is 8. The van der Waals surface area contributed by atoms with Gasteiger partial charge in [-0.05, 0) is 99.6 Å². The summed E-state index contributed by atoms with van der Waals surface area (Å²) in [5, 5.41) is 0. The zero-order valence-electron chi connectivity index (χ0n) is 28.6. The number of anilines is 3. The van der Waals surface area contributed by atoms with Gasteiger partial charge in [-0.15, -0.1) is 0 Å². The molecule has 2 aliphatic heterocycles. The third-order valence-electron chi connectivity index (χ3n) is 10.8. The SMILES string of the molecule is c1ccc(N2c3ccccc3Oc3cc(-c4ccc5c(c4)C(c4ccccc4)(c4ccccc4)c4ccc6c(c4-5)Oc4ccccc4O6)ccc32)cc1. The number of ether oxygens (including phenoxy) is 3. The molecule has 0 unspecified atom stereocenters. The average Bonchev–Trinajstić information content (AvgIpc) is 3.53. The molecule has 1 aliphatic carbocycles. The fraction of sp³-hybridized carbons (Fsp3) is 0.0204. The van der Waals surface area contributed by atoms with Crippen LogP contribution in [0.4, 0.5) is 17.1 Å². The first-order valence-corrected chi connectivity index (χ1v) is 17.9. The molecule has 0 fully saturated rings. The third kappa shape index (κ3) is 4.36. The summed E-state index contributed by atoms with van der Waals surface area (Å²) in [6, 6.07) is 65.9. The Kier molecular flexibility index (Phi) is 6.43. The molecule has 53 heavy (non-hydrogen) atoms. The van der Waals surface area contributed by atoms with E-state index in [1.807, 2.05) is 42.5 Å². The zero-order valence-corrected chi connectivity index (χ0v) is 28.6. The van der Waals surface area contributed by atoms with Gasteiger partial charge in [0.05, 0.1) is 16.8 Å². The van der Waals surface area contributed by atoms with Gasteiger partial charge in [-0.2, -0.15) is 0 Å². The molecule has 0 aromatic heterocycles. The van der Waals surface area contributed by atoms with Crippen LogP contribution < -0.4 is 19.1 Å². The Morgan fingerprint density at radius 2 is 0.943 bits per heavy atom. The van der Waals surface area contributed by atoms with Gasteiger partial charge in [0.1, 0.15) is 0 Å². The van der Waals surface area contributed by atoms with Crippen LogP contribution in [0.3, 0.4) is 0 Å². The smallest absolute Gasteiger partial charge is 0.178 e. The summed E-state index contributed by atoms with van der Waals surface area (Å²) >= 11 is 0. The molecular weight excluding hydrogens is 651 g/mol. The van der Waals surface area contributed by atoms with Crippen molar-refractivity contribution in [2.24, 2.45) is 0 Å². The third-order valence-corrected chi connectivity index (χ3v) is 10.8. The largest absolute Gasteiger partial charge is 0.453 e. The predicted octanol–water partition coefficient (Wildman–Crippen LogP) is 13.2. The summed E-state index contributed by atoms with van der Waals surface area (Å²) in [5.74, 6) is 4.52. The Morgan fingerprint density at radius 1 is 0.377 bits per heavy atom. The van der Waals surface area contributed by atoms with Crippen LogP contribution in [0.15, 0.2) is 188 Å². The summed E-state index contributed by atoms with van der Waals surface area (Å²) in [6.45, 7) is 0. The van der Waals surface area contributed by atoms with Crippen LogP contribution in [0.25, 0.3) is 22.3 Å². The minimum absolute atomic E-state index is 0.619. The maximum absolute atomic E-state index is 6.75. The van der Waals surface area contributed by atoms with Gasteiger partial charge in [0, 0.05) is 11.3 Å². The second-order valence-electron chi connectivity index (χ2n) is 13.6. The maximum atomic E-state index is 6.75. The average molecular weight is 682 g/mol. The number of rotatable bonds is 4. The molecule has 3 aliphatic rings. The van der Waals surface area contributed by atoms with E-state index in [-0.39, 0.29) is 0 Å². The quantitative estimate of drug-likeness (QED) is 0.185. The van der Waals surface area contributed by atoms with E-state index in [0.29, 0.717) is 17.2 Å². The van der Waals surface area contributed by atoms with E-state index in [1.165, 1.54) is 16.7 Å². The van der Waals surface area contributed by atoms with Crippen LogP contribution in [0.2, 0.25) is 0 Å². The van der Waals surface area contributed by atoms with Gasteiger partial charge in [-0.25, -0.2) is 0 Å². The number of fused-ring (bicyclic) bond motifs is 8. The summed E-state index contributed by atoms with van der Waals surface area (Å²) < 4.78 is 19.8. The van der Waals surface area contributed by atoms with Crippen molar-refractivity contribution in [1.29, 1.82) is 0 Å². The number of hydrogen-bond acceptors (Lipinski definition) is 4. The van der Waals surface area contributed by atoms with E-state index in [9.17, 15) is 0 Å². The maximum Gasteiger partial charge on any atom is 0.178 e. The van der Waals surface area contributed by atoms with Crippen molar-refractivity contribution in [3.8, 4) is 56.8 Å². The molecule has 0 atom stereocenters. The van der Waals surface area contributed by atoms with Crippen molar-refractivity contribution >= 4 is 17.1 Å². The van der Waals surface area contributed by atoms with Crippen molar-refractivity contribution in [2.75, 3.05) is 4.90 Å². The van der Waals surface area contributed by atoms with Crippen LogP contribution >= 0.6 is 0 Å². The topological polar surface area (TPSA) is 30.9 Å². The van der Waals surface area contributed by atoms with E-state index in [0.717, 1.165) is 62.1 Å². The Morgan fingerprint density at radius 3 is 1.68 bits per heavy atom. The Labute approximate surface area is 307 Å². The van der Waals surface area contributed by atoms with Gasteiger partial charge < -0.3 is 19.1 Å². The Hall–Kier alpha value is -7.04. The fourth-order valence-corrected chi connectivity index (χ4v) is 8.53. The number of nitrogens with zero attached hydrogens (tertiary/aromatic N) is 1. The van der Waals surface area contributed by atoms with Crippen molar-refractivity contribution in [3.63, 3.8) is 0 Å². The Balaban J connectivity index is 1.13. The molecule has 2 heterocycles. The zero-order chi connectivity index (χ0) is 34.9. The lowest BCUT2D eigenvalue weighted by Gasteiger charge is -2.34. The fourth-order valence-electron chi connectivity index (χ4n) is 8.53. The van der Waals surface area contributed by atoms with Crippen LogP contribution in [-0.2, 0) is 5.41 Å². The monoisotopic (exact) mass is 681 g/mol. The van der Waals surface area contributed by atoms with Crippen LogP contribution in [0, 0.1) is 0 Å². The number of hydrogen-bond donors (Lipinski definition) is 0. The van der Waals surface area contributed by atoms with Gasteiger partial charge in [-0.1, -0.05) is 127 Å². The molecule has 11 rings (SSSR count). The van der Waals surface area contributed by atoms with Crippen molar-refractivity contribution in [2.45, 2.75) is 5.41 Å². The summed E-state index contributed by atoms with van der Waals surface area (Å²) in [7, 11) is 0. The molecule has 0 N–H and O–H groups in total. The minimum atomic E-state index is -0.619. The predicted molar refractivity (Wildman–Crippen MR) is 211 cm³/mol. The highest BCUT2D eigenvalue weighted by Gasteiger charge is 2.48. The van der Waals surface area contributed by atoms with Gasteiger partial charge in [0.2, 0.25) is 0 Å².